The number of carbonyl (C=O) groups is 1. The fraction of sp³-hybridized carbons (Fsp3) is 0. The van der Waals surface area contributed by atoms with E-state index in [1.165, 1.54) is 0 Å². The highest BCUT2D eigenvalue weighted by Crippen LogP contribution is 2.21. The van der Waals surface area contributed by atoms with E-state index in [9.17, 15) is 4.79 Å². The molecule has 0 spiro atoms. The lowest BCUT2D eigenvalue weighted by atomic mass is 10.0. The van der Waals surface area contributed by atoms with E-state index in [-0.39, 0.29) is 0 Å². The number of halogens is 1. The SMILES string of the molecule is O=C(O)c1cccc(-c2ccc(I)cc2)c1. The molecule has 2 rings (SSSR count). The summed E-state index contributed by atoms with van der Waals surface area (Å²) in [7, 11) is 0. The Labute approximate surface area is 107 Å². The van der Waals surface area contributed by atoms with E-state index in [2.05, 4.69) is 22.6 Å². The maximum absolute atomic E-state index is 10.8. The van der Waals surface area contributed by atoms with Gasteiger partial charge in [0.2, 0.25) is 0 Å². The number of carboxylic acids is 1. The van der Waals surface area contributed by atoms with Crippen LogP contribution in [0.15, 0.2) is 48.5 Å². The molecule has 0 aliphatic rings. The molecule has 2 nitrogen and oxygen atoms in total. The summed E-state index contributed by atoms with van der Waals surface area (Å²) >= 11 is 2.24. The molecule has 16 heavy (non-hydrogen) atoms. The number of hydrogen-bond acceptors (Lipinski definition) is 1. The molecule has 0 fully saturated rings. The van der Waals surface area contributed by atoms with Crippen LogP contribution in [0.1, 0.15) is 10.4 Å². The molecule has 80 valence electrons. The Balaban J connectivity index is 2.44. The predicted molar refractivity (Wildman–Crippen MR) is 71.6 cm³/mol. The maximum Gasteiger partial charge on any atom is 0.335 e. The standard InChI is InChI=1S/C13H9IO2/c14-12-6-4-9(5-7-12)10-2-1-3-11(8-10)13(15)16/h1-8H,(H,15,16). The van der Waals surface area contributed by atoms with Gasteiger partial charge in [0.1, 0.15) is 0 Å². The van der Waals surface area contributed by atoms with Crippen LogP contribution in [0, 0.1) is 3.57 Å². The van der Waals surface area contributed by atoms with Gasteiger partial charge >= 0.3 is 5.97 Å². The van der Waals surface area contributed by atoms with Crippen molar-refractivity contribution in [2.45, 2.75) is 0 Å². The molecule has 0 radical (unpaired) electrons. The molecule has 0 unspecified atom stereocenters. The van der Waals surface area contributed by atoms with Crippen LogP contribution < -0.4 is 0 Å². The van der Waals surface area contributed by atoms with Crippen LogP contribution >= 0.6 is 22.6 Å². The highest BCUT2D eigenvalue weighted by atomic mass is 127. The monoisotopic (exact) mass is 324 g/mol. The third-order valence-electron chi connectivity index (χ3n) is 2.29. The summed E-state index contributed by atoms with van der Waals surface area (Å²) in [5.41, 5.74) is 2.27. The zero-order valence-corrected chi connectivity index (χ0v) is 10.5. The maximum atomic E-state index is 10.8. The Hall–Kier alpha value is -1.36. The summed E-state index contributed by atoms with van der Waals surface area (Å²) in [6.45, 7) is 0. The molecule has 0 amide bonds. The van der Waals surface area contributed by atoms with Crippen molar-refractivity contribution in [1.82, 2.24) is 0 Å². The van der Waals surface area contributed by atoms with E-state index in [4.69, 9.17) is 5.11 Å². The van der Waals surface area contributed by atoms with Crippen molar-refractivity contribution < 1.29 is 9.90 Å². The molecule has 0 bridgehead atoms. The average molecular weight is 324 g/mol. The van der Waals surface area contributed by atoms with E-state index >= 15 is 0 Å². The summed E-state index contributed by atoms with van der Waals surface area (Å²) in [6.07, 6.45) is 0. The number of rotatable bonds is 2. The van der Waals surface area contributed by atoms with Crippen molar-refractivity contribution in [3.8, 4) is 11.1 Å². The Morgan fingerprint density at radius 2 is 1.69 bits per heavy atom. The molecule has 0 saturated carbocycles. The van der Waals surface area contributed by atoms with E-state index in [0.717, 1.165) is 14.7 Å². The Morgan fingerprint density at radius 1 is 1.00 bits per heavy atom. The minimum atomic E-state index is -0.896. The summed E-state index contributed by atoms with van der Waals surface area (Å²) in [4.78, 5) is 10.8. The van der Waals surface area contributed by atoms with Gasteiger partial charge in [0.15, 0.2) is 0 Å². The molecule has 2 aromatic rings. The molecule has 0 saturated heterocycles. The van der Waals surface area contributed by atoms with Crippen LogP contribution in [0.5, 0.6) is 0 Å². The van der Waals surface area contributed by atoms with Gasteiger partial charge in [-0.15, -0.1) is 0 Å². The van der Waals surface area contributed by atoms with Crippen LogP contribution in [0.3, 0.4) is 0 Å². The molecule has 0 aliphatic heterocycles. The van der Waals surface area contributed by atoms with Gasteiger partial charge in [0.05, 0.1) is 5.56 Å². The summed E-state index contributed by atoms with van der Waals surface area (Å²) in [6, 6.07) is 14.9. The van der Waals surface area contributed by atoms with Gasteiger partial charge in [-0.1, -0.05) is 24.3 Å². The Morgan fingerprint density at radius 3 is 2.31 bits per heavy atom. The molecular weight excluding hydrogens is 315 g/mol. The van der Waals surface area contributed by atoms with Gasteiger partial charge in [-0.05, 0) is 58.0 Å². The second kappa shape index (κ2) is 4.65. The van der Waals surface area contributed by atoms with Crippen molar-refractivity contribution in [3.63, 3.8) is 0 Å². The fourth-order valence-corrected chi connectivity index (χ4v) is 1.83. The molecule has 0 aromatic heterocycles. The van der Waals surface area contributed by atoms with Crippen molar-refractivity contribution in [1.29, 1.82) is 0 Å². The number of hydrogen-bond donors (Lipinski definition) is 1. The molecule has 3 heteroatoms. The number of carboxylic acid groups (broad SMARTS) is 1. The average Bonchev–Trinajstić information content (AvgIpc) is 2.30. The van der Waals surface area contributed by atoms with Crippen molar-refractivity contribution in [3.05, 3.63) is 57.7 Å². The summed E-state index contributed by atoms with van der Waals surface area (Å²) in [5.74, 6) is -0.896. The molecule has 0 atom stereocenters. The second-order valence-corrected chi connectivity index (χ2v) is 4.64. The third-order valence-corrected chi connectivity index (χ3v) is 3.01. The largest absolute Gasteiger partial charge is 0.478 e. The second-order valence-electron chi connectivity index (χ2n) is 3.39. The topological polar surface area (TPSA) is 37.3 Å². The highest BCUT2D eigenvalue weighted by molar-refractivity contribution is 14.1. The van der Waals surface area contributed by atoms with Crippen LogP contribution in [-0.2, 0) is 0 Å². The predicted octanol–water partition coefficient (Wildman–Crippen LogP) is 3.66. The van der Waals surface area contributed by atoms with E-state index in [1.807, 2.05) is 30.3 Å². The zero-order valence-electron chi connectivity index (χ0n) is 8.35. The van der Waals surface area contributed by atoms with Gasteiger partial charge in [0, 0.05) is 3.57 Å². The Kier molecular flexibility index (Phi) is 3.24. The fourth-order valence-electron chi connectivity index (χ4n) is 1.47. The van der Waals surface area contributed by atoms with Crippen LogP contribution in [0.4, 0.5) is 0 Å². The number of benzene rings is 2. The quantitative estimate of drug-likeness (QED) is 0.856. The first-order valence-corrected chi connectivity index (χ1v) is 5.84. The third kappa shape index (κ3) is 2.41. The highest BCUT2D eigenvalue weighted by Gasteiger charge is 2.04. The van der Waals surface area contributed by atoms with Crippen LogP contribution in [0.25, 0.3) is 11.1 Å². The van der Waals surface area contributed by atoms with Crippen molar-refractivity contribution in [2.75, 3.05) is 0 Å². The zero-order chi connectivity index (χ0) is 11.5. The van der Waals surface area contributed by atoms with Crippen molar-refractivity contribution >= 4 is 28.6 Å². The minimum Gasteiger partial charge on any atom is -0.478 e. The first kappa shape index (κ1) is 11.1. The van der Waals surface area contributed by atoms with E-state index < -0.39 is 5.97 Å². The van der Waals surface area contributed by atoms with Crippen LogP contribution in [0.2, 0.25) is 0 Å². The lowest BCUT2D eigenvalue weighted by Crippen LogP contribution is -1.95. The molecule has 0 aliphatic carbocycles. The summed E-state index contributed by atoms with van der Waals surface area (Å²) in [5, 5.41) is 8.90. The summed E-state index contributed by atoms with van der Waals surface area (Å²) < 4.78 is 1.16. The van der Waals surface area contributed by atoms with Gasteiger partial charge in [-0.3, -0.25) is 0 Å². The lowest BCUT2D eigenvalue weighted by molar-refractivity contribution is 0.0697. The normalized spacial score (nSPS) is 10.1. The molecule has 2 aromatic carbocycles. The molecule has 0 heterocycles. The minimum absolute atomic E-state index is 0.316. The first-order valence-electron chi connectivity index (χ1n) is 4.76. The molecule has 1 N–H and O–H groups in total. The van der Waals surface area contributed by atoms with Gasteiger partial charge in [-0.25, -0.2) is 4.79 Å². The van der Waals surface area contributed by atoms with E-state index in [0.29, 0.717) is 5.56 Å². The number of aromatic carboxylic acids is 1. The van der Waals surface area contributed by atoms with E-state index in [1.54, 1.807) is 18.2 Å². The molecular formula is C13H9IO2. The van der Waals surface area contributed by atoms with Crippen LogP contribution in [-0.4, -0.2) is 11.1 Å². The smallest absolute Gasteiger partial charge is 0.335 e. The first-order chi connectivity index (χ1) is 7.66. The van der Waals surface area contributed by atoms with Gasteiger partial charge in [-0.2, -0.15) is 0 Å². The van der Waals surface area contributed by atoms with Crippen molar-refractivity contribution in [2.24, 2.45) is 0 Å². The lowest BCUT2D eigenvalue weighted by Gasteiger charge is -2.03. The Bertz CT molecular complexity index is 518. The van der Waals surface area contributed by atoms with Gasteiger partial charge < -0.3 is 5.11 Å². The van der Waals surface area contributed by atoms with Gasteiger partial charge in [0.25, 0.3) is 0 Å².